The Balaban J connectivity index is 1.56. The average molecular weight is 268 g/mol. The SMILES string of the molecule is CN1C(=O)N2C[C@H]1CC[C@H]2C(=O)NO[C@@H]1CCNC1. The highest BCUT2D eigenvalue weighted by molar-refractivity contribution is 5.88. The third-order valence-electron chi connectivity index (χ3n) is 4.30. The van der Waals surface area contributed by atoms with Gasteiger partial charge in [0, 0.05) is 20.1 Å². The van der Waals surface area contributed by atoms with Gasteiger partial charge in [-0.05, 0) is 25.8 Å². The van der Waals surface area contributed by atoms with Crippen molar-refractivity contribution in [2.75, 3.05) is 26.7 Å². The summed E-state index contributed by atoms with van der Waals surface area (Å²) in [4.78, 5) is 32.9. The number of amides is 3. The van der Waals surface area contributed by atoms with E-state index in [4.69, 9.17) is 4.84 Å². The third-order valence-corrected chi connectivity index (χ3v) is 4.30. The molecule has 106 valence electrons. The van der Waals surface area contributed by atoms with E-state index >= 15 is 0 Å². The molecule has 3 atom stereocenters. The highest BCUT2D eigenvalue weighted by Crippen LogP contribution is 2.28. The van der Waals surface area contributed by atoms with Crippen LogP contribution < -0.4 is 10.8 Å². The fourth-order valence-corrected chi connectivity index (χ4v) is 3.05. The van der Waals surface area contributed by atoms with E-state index in [0.29, 0.717) is 13.0 Å². The molecule has 0 saturated carbocycles. The number of fused-ring (bicyclic) bond motifs is 2. The Bertz CT molecular complexity index is 383. The summed E-state index contributed by atoms with van der Waals surface area (Å²) in [6.07, 6.45) is 2.52. The summed E-state index contributed by atoms with van der Waals surface area (Å²) in [5.74, 6) is -0.200. The first-order chi connectivity index (χ1) is 9.16. The zero-order valence-electron chi connectivity index (χ0n) is 11.1. The lowest BCUT2D eigenvalue weighted by Crippen LogP contribution is -2.50. The van der Waals surface area contributed by atoms with Crippen LogP contribution in [0.2, 0.25) is 0 Å². The molecule has 2 bridgehead atoms. The van der Waals surface area contributed by atoms with Crippen LogP contribution in [0.3, 0.4) is 0 Å². The second-order valence-corrected chi connectivity index (χ2v) is 5.49. The van der Waals surface area contributed by atoms with Gasteiger partial charge >= 0.3 is 6.03 Å². The predicted molar refractivity (Wildman–Crippen MR) is 67.2 cm³/mol. The van der Waals surface area contributed by atoms with Crippen LogP contribution in [0.4, 0.5) is 4.79 Å². The number of nitrogens with zero attached hydrogens (tertiary/aromatic N) is 2. The summed E-state index contributed by atoms with van der Waals surface area (Å²) in [7, 11) is 1.80. The lowest BCUT2D eigenvalue weighted by molar-refractivity contribution is -0.142. The molecule has 3 saturated heterocycles. The lowest BCUT2D eigenvalue weighted by Gasteiger charge is -2.29. The summed E-state index contributed by atoms with van der Waals surface area (Å²) in [5, 5.41) is 3.17. The van der Waals surface area contributed by atoms with Gasteiger partial charge in [0.25, 0.3) is 5.91 Å². The van der Waals surface area contributed by atoms with Crippen molar-refractivity contribution in [2.24, 2.45) is 0 Å². The number of likely N-dealkylation sites (N-methyl/N-ethyl adjacent to an activating group) is 1. The molecule has 0 aromatic carbocycles. The number of carbonyl (C=O) groups excluding carboxylic acids is 2. The molecule has 2 N–H and O–H groups in total. The molecule has 3 aliphatic heterocycles. The monoisotopic (exact) mass is 268 g/mol. The summed E-state index contributed by atoms with van der Waals surface area (Å²) < 4.78 is 0. The van der Waals surface area contributed by atoms with Crippen molar-refractivity contribution in [3.05, 3.63) is 0 Å². The Labute approximate surface area is 112 Å². The number of nitrogens with one attached hydrogen (secondary N) is 2. The Morgan fingerprint density at radius 1 is 1.42 bits per heavy atom. The highest BCUT2D eigenvalue weighted by atomic mass is 16.7. The Morgan fingerprint density at radius 2 is 2.26 bits per heavy atom. The molecule has 0 radical (unpaired) electrons. The van der Waals surface area contributed by atoms with Crippen molar-refractivity contribution in [1.82, 2.24) is 20.6 Å². The molecule has 0 aromatic rings. The van der Waals surface area contributed by atoms with Gasteiger partial charge in [-0.25, -0.2) is 10.3 Å². The molecule has 0 unspecified atom stereocenters. The summed E-state index contributed by atoms with van der Waals surface area (Å²) in [5.41, 5.74) is 2.52. The topological polar surface area (TPSA) is 73.9 Å². The van der Waals surface area contributed by atoms with Gasteiger partial charge in [0.2, 0.25) is 0 Å². The number of rotatable bonds is 3. The molecule has 0 spiro atoms. The van der Waals surface area contributed by atoms with E-state index in [0.717, 1.165) is 25.9 Å². The van der Waals surface area contributed by atoms with Crippen LogP contribution in [0.25, 0.3) is 0 Å². The zero-order chi connectivity index (χ0) is 13.4. The van der Waals surface area contributed by atoms with Gasteiger partial charge in [-0.3, -0.25) is 9.63 Å². The third kappa shape index (κ3) is 2.28. The minimum atomic E-state index is -0.386. The largest absolute Gasteiger partial charge is 0.323 e. The van der Waals surface area contributed by atoms with Gasteiger partial charge < -0.3 is 15.1 Å². The molecule has 3 amide bonds. The van der Waals surface area contributed by atoms with Gasteiger partial charge in [0.15, 0.2) is 0 Å². The van der Waals surface area contributed by atoms with Crippen molar-refractivity contribution < 1.29 is 14.4 Å². The second-order valence-electron chi connectivity index (χ2n) is 5.49. The summed E-state index contributed by atoms with van der Waals surface area (Å²) in [6.45, 7) is 2.33. The van der Waals surface area contributed by atoms with Crippen molar-refractivity contribution >= 4 is 11.9 Å². The maximum absolute atomic E-state index is 12.1. The average Bonchev–Trinajstić information content (AvgIpc) is 3.01. The molecule has 3 heterocycles. The summed E-state index contributed by atoms with van der Waals surface area (Å²) in [6, 6.07) is -0.176. The Hall–Kier alpha value is -1.34. The molecule has 3 fully saturated rings. The molecule has 7 heteroatoms. The zero-order valence-corrected chi connectivity index (χ0v) is 11.1. The molecule has 0 aliphatic carbocycles. The molecular weight excluding hydrogens is 248 g/mol. The quantitative estimate of drug-likeness (QED) is 0.664. The first kappa shape index (κ1) is 12.7. The number of hydroxylamine groups is 1. The van der Waals surface area contributed by atoms with E-state index in [1.165, 1.54) is 0 Å². The first-order valence-corrected chi connectivity index (χ1v) is 6.86. The minimum Gasteiger partial charge on any atom is -0.323 e. The van der Waals surface area contributed by atoms with Crippen molar-refractivity contribution in [3.8, 4) is 0 Å². The second kappa shape index (κ2) is 4.97. The maximum Gasteiger partial charge on any atom is 0.320 e. The summed E-state index contributed by atoms with van der Waals surface area (Å²) >= 11 is 0. The number of carbonyl (C=O) groups is 2. The van der Waals surface area contributed by atoms with Crippen LogP contribution in [0.5, 0.6) is 0 Å². The molecule has 3 rings (SSSR count). The van der Waals surface area contributed by atoms with Gasteiger partial charge in [0.1, 0.15) is 6.04 Å². The fourth-order valence-electron chi connectivity index (χ4n) is 3.05. The van der Waals surface area contributed by atoms with E-state index in [2.05, 4.69) is 10.8 Å². The molecular formula is C12H20N4O3. The highest BCUT2D eigenvalue weighted by Gasteiger charge is 2.45. The normalized spacial score (nSPS) is 33.9. The Morgan fingerprint density at radius 3 is 3.00 bits per heavy atom. The van der Waals surface area contributed by atoms with E-state index in [9.17, 15) is 9.59 Å². The standard InChI is InChI=1S/C12H20N4O3/c1-15-8-2-3-10(16(7-8)12(15)18)11(17)14-19-9-4-5-13-6-9/h8-10,13H,2-7H2,1H3,(H,14,17)/t8-,9-,10+/m1/s1. The van der Waals surface area contributed by atoms with E-state index in [-0.39, 0.29) is 30.1 Å². The number of hydrogen-bond donors (Lipinski definition) is 2. The van der Waals surface area contributed by atoms with Crippen molar-refractivity contribution in [3.63, 3.8) is 0 Å². The van der Waals surface area contributed by atoms with Crippen LogP contribution in [0.15, 0.2) is 0 Å². The van der Waals surface area contributed by atoms with Gasteiger partial charge in [-0.15, -0.1) is 0 Å². The number of piperidine rings is 1. The molecule has 3 aliphatic rings. The molecule has 0 aromatic heterocycles. The number of hydrogen-bond acceptors (Lipinski definition) is 4. The van der Waals surface area contributed by atoms with Gasteiger partial charge in [-0.1, -0.05) is 0 Å². The minimum absolute atomic E-state index is 0.0391. The van der Waals surface area contributed by atoms with Crippen LogP contribution >= 0.6 is 0 Å². The van der Waals surface area contributed by atoms with Crippen LogP contribution in [0.1, 0.15) is 19.3 Å². The van der Waals surface area contributed by atoms with Gasteiger partial charge in [-0.2, -0.15) is 0 Å². The van der Waals surface area contributed by atoms with Gasteiger partial charge in [0.05, 0.1) is 12.1 Å². The molecule has 7 nitrogen and oxygen atoms in total. The Kier molecular flexibility index (Phi) is 3.32. The predicted octanol–water partition coefficient (Wildman–Crippen LogP) is -0.705. The van der Waals surface area contributed by atoms with Crippen molar-refractivity contribution in [1.29, 1.82) is 0 Å². The van der Waals surface area contributed by atoms with E-state index < -0.39 is 0 Å². The smallest absolute Gasteiger partial charge is 0.320 e. The lowest BCUT2D eigenvalue weighted by atomic mass is 10.0. The molecule has 19 heavy (non-hydrogen) atoms. The van der Waals surface area contributed by atoms with Crippen molar-refractivity contribution in [2.45, 2.75) is 37.5 Å². The maximum atomic E-state index is 12.1. The van der Waals surface area contributed by atoms with Crippen LogP contribution in [-0.4, -0.2) is 66.6 Å². The number of urea groups is 1. The fraction of sp³-hybridized carbons (Fsp3) is 0.833. The van der Waals surface area contributed by atoms with E-state index in [1.54, 1.807) is 16.8 Å². The first-order valence-electron chi connectivity index (χ1n) is 6.86. The van der Waals surface area contributed by atoms with E-state index in [1.807, 2.05) is 0 Å². The van der Waals surface area contributed by atoms with Crippen LogP contribution in [0, 0.1) is 0 Å². The van der Waals surface area contributed by atoms with Crippen LogP contribution in [-0.2, 0) is 9.63 Å².